The van der Waals surface area contributed by atoms with Crippen LogP contribution in [0.4, 0.5) is 4.39 Å². The first-order valence-corrected chi connectivity index (χ1v) is 5.41. The second kappa shape index (κ2) is 6.24. The van der Waals surface area contributed by atoms with Gasteiger partial charge < -0.3 is 25.1 Å². The minimum Gasteiger partial charge on any atom is -0.493 e. The van der Waals surface area contributed by atoms with Gasteiger partial charge in [-0.2, -0.15) is 4.39 Å². The molecule has 0 amide bonds. The first-order chi connectivity index (χ1) is 8.96. The maximum atomic E-state index is 14.1. The minimum atomic E-state index is -1.18. The smallest absolute Gasteiger partial charge is 0.320 e. The quantitative estimate of drug-likeness (QED) is 0.797. The van der Waals surface area contributed by atoms with E-state index in [0.29, 0.717) is 5.56 Å². The van der Waals surface area contributed by atoms with E-state index in [-0.39, 0.29) is 23.7 Å². The van der Waals surface area contributed by atoms with Crippen LogP contribution >= 0.6 is 0 Å². The van der Waals surface area contributed by atoms with Gasteiger partial charge in [-0.1, -0.05) is 0 Å². The summed E-state index contributed by atoms with van der Waals surface area (Å²) in [6.07, 6.45) is -0.0875. The Morgan fingerprint density at radius 3 is 2.32 bits per heavy atom. The average molecular weight is 273 g/mol. The fraction of sp³-hybridized carbons (Fsp3) is 0.417. The lowest BCUT2D eigenvalue weighted by atomic mass is 10.0. The third-order valence-corrected chi connectivity index (χ3v) is 2.60. The molecule has 0 aliphatic heterocycles. The summed E-state index contributed by atoms with van der Waals surface area (Å²) in [5.41, 5.74) is 5.73. The molecule has 19 heavy (non-hydrogen) atoms. The van der Waals surface area contributed by atoms with Gasteiger partial charge in [0, 0.05) is 12.0 Å². The number of hydrogen-bond donors (Lipinski definition) is 2. The average Bonchev–Trinajstić information content (AvgIpc) is 2.38. The Morgan fingerprint density at radius 1 is 1.32 bits per heavy atom. The molecule has 0 saturated carbocycles. The molecule has 0 spiro atoms. The Bertz CT molecular complexity index is 478. The van der Waals surface area contributed by atoms with Gasteiger partial charge in [0.15, 0.2) is 11.5 Å². The van der Waals surface area contributed by atoms with E-state index >= 15 is 0 Å². The van der Waals surface area contributed by atoms with E-state index in [9.17, 15) is 9.18 Å². The molecule has 3 N–H and O–H groups in total. The van der Waals surface area contributed by atoms with E-state index in [2.05, 4.69) is 0 Å². The summed E-state index contributed by atoms with van der Waals surface area (Å²) in [4.78, 5) is 10.8. The van der Waals surface area contributed by atoms with Gasteiger partial charge in [0.2, 0.25) is 11.6 Å². The monoisotopic (exact) mass is 273 g/mol. The van der Waals surface area contributed by atoms with Gasteiger partial charge in [0.25, 0.3) is 0 Å². The first-order valence-electron chi connectivity index (χ1n) is 5.41. The summed E-state index contributed by atoms with van der Waals surface area (Å²) in [7, 11) is 3.92. The standard InChI is InChI=1S/C12H16FNO5/c1-17-8-5-6(4-7(14)12(15)16)10(18-2)9(13)11(8)19-3/h5,7H,4,14H2,1-3H3,(H,15,16). The van der Waals surface area contributed by atoms with E-state index in [0.717, 1.165) is 0 Å². The highest BCUT2D eigenvalue weighted by atomic mass is 19.1. The predicted octanol–water partition coefficient (Wildman–Crippen LogP) is 0.806. The molecule has 0 aliphatic carbocycles. The Balaban J connectivity index is 3.30. The van der Waals surface area contributed by atoms with Crippen molar-refractivity contribution in [3.8, 4) is 17.2 Å². The van der Waals surface area contributed by atoms with Gasteiger partial charge >= 0.3 is 5.97 Å². The summed E-state index contributed by atoms with van der Waals surface area (Å²) >= 11 is 0. The molecule has 1 aromatic rings. The van der Waals surface area contributed by atoms with Gasteiger partial charge in [-0.3, -0.25) is 4.79 Å². The third-order valence-electron chi connectivity index (χ3n) is 2.60. The molecule has 1 unspecified atom stereocenters. The van der Waals surface area contributed by atoms with Crippen LogP contribution in [0.2, 0.25) is 0 Å². The van der Waals surface area contributed by atoms with Crippen LogP contribution in [0.25, 0.3) is 0 Å². The van der Waals surface area contributed by atoms with Crippen molar-refractivity contribution in [2.75, 3.05) is 21.3 Å². The van der Waals surface area contributed by atoms with Gasteiger partial charge in [0.05, 0.1) is 21.3 Å². The predicted molar refractivity (Wildman–Crippen MR) is 65.4 cm³/mol. The van der Waals surface area contributed by atoms with Crippen molar-refractivity contribution >= 4 is 5.97 Å². The van der Waals surface area contributed by atoms with Crippen molar-refractivity contribution in [2.45, 2.75) is 12.5 Å². The van der Waals surface area contributed by atoms with E-state index < -0.39 is 17.8 Å². The van der Waals surface area contributed by atoms with Crippen molar-refractivity contribution in [2.24, 2.45) is 5.73 Å². The summed E-state index contributed by atoms with van der Waals surface area (Å²) in [6.45, 7) is 0. The van der Waals surface area contributed by atoms with Crippen LogP contribution in [0.5, 0.6) is 17.2 Å². The van der Waals surface area contributed by atoms with Crippen LogP contribution in [0.1, 0.15) is 5.56 Å². The zero-order chi connectivity index (χ0) is 14.6. The van der Waals surface area contributed by atoms with Gasteiger partial charge in [-0.25, -0.2) is 0 Å². The minimum absolute atomic E-state index is 0.0875. The maximum Gasteiger partial charge on any atom is 0.320 e. The number of carboxylic acid groups (broad SMARTS) is 1. The van der Waals surface area contributed by atoms with Gasteiger partial charge in [-0.15, -0.1) is 0 Å². The molecule has 7 heteroatoms. The van der Waals surface area contributed by atoms with E-state index in [1.807, 2.05) is 0 Å². The number of nitrogens with two attached hydrogens (primary N) is 1. The second-order valence-electron chi connectivity index (χ2n) is 3.77. The summed E-state index contributed by atoms with van der Waals surface area (Å²) < 4.78 is 28.9. The fourth-order valence-corrected chi connectivity index (χ4v) is 1.68. The number of benzene rings is 1. The largest absolute Gasteiger partial charge is 0.493 e. The molecule has 0 aromatic heterocycles. The number of ether oxygens (including phenoxy) is 3. The van der Waals surface area contributed by atoms with Gasteiger partial charge in [-0.05, 0) is 6.07 Å². The molecular weight excluding hydrogens is 257 g/mol. The SMILES string of the molecule is COc1cc(CC(N)C(=O)O)c(OC)c(F)c1OC. The van der Waals surface area contributed by atoms with Crippen molar-refractivity contribution in [1.29, 1.82) is 0 Å². The molecule has 0 bridgehead atoms. The molecule has 1 aromatic carbocycles. The van der Waals surface area contributed by atoms with E-state index in [1.54, 1.807) is 0 Å². The number of rotatable bonds is 6. The molecule has 6 nitrogen and oxygen atoms in total. The topological polar surface area (TPSA) is 91.0 Å². The van der Waals surface area contributed by atoms with Crippen LogP contribution in [0.3, 0.4) is 0 Å². The zero-order valence-corrected chi connectivity index (χ0v) is 10.9. The summed E-state index contributed by atoms with van der Waals surface area (Å²) in [6, 6.07) is 0.287. The first kappa shape index (κ1) is 15.0. The highest BCUT2D eigenvalue weighted by Crippen LogP contribution is 2.39. The lowest BCUT2D eigenvalue weighted by molar-refractivity contribution is -0.138. The molecule has 0 fully saturated rings. The van der Waals surface area contributed by atoms with Crippen LogP contribution in [-0.4, -0.2) is 38.4 Å². The summed E-state index contributed by atoms with van der Waals surface area (Å²) in [5, 5.41) is 8.79. The highest BCUT2D eigenvalue weighted by Gasteiger charge is 2.23. The van der Waals surface area contributed by atoms with Crippen molar-refractivity contribution in [3.63, 3.8) is 0 Å². The Labute approximate surface area is 109 Å². The number of aliphatic carboxylic acids is 1. The Hall–Kier alpha value is -2.02. The highest BCUT2D eigenvalue weighted by molar-refractivity contribution is 5.74. The molecule has 106 valence electrons. The van der Waals surface area contributed by atoms with E-state index in [1.165, 1.54) is 27.4 Å². The zero-order valence-electron chi connectivity index (χ0n) is 10.9. The number of carbonyl (C=O) groups is 1. The van der Waals surface area contributed by atoms with Crippen molar-refractivity contribution in [1.82, 2.24) is 0 Å². The second-order valence-corrected chi connectivity index (χ2v) is 3.77. The summed E-state index contributed by atoms with van der Waals surface area (Å²) in [5.74, 6) is -2.00. The molecule has 1 rings (SSSR count). The Kier molecular flexibility index (Phi) is 4.94. The molecule has 1 atom stereocenters. The van der Waals surface area contributed by atoms with Crippen LogP contribution in [0, 0.1) is 5.82 Å². The number of carboxylic acids is 1. The number of methoxy groups -OCH3 is 3. The van der Waals surface area contributed by atoms with Crippen molar-refractivity contribution < 1.29 is 28.5 Å². The van der Waals surface area contributed by atoms with Crippen LogP contribution in [-0.2, 0) is 11.2 Å². The number of halogens is 1. The lowest BCUT2D eigenvalue weighted by Crippen LogP contribution is -2.32. The fourth-order valence-electron chi connectivity index (χ4n) is 1.68. The molecule has 0 aliphatic rings. The molecule has 0 saturated heterocycles. The van der Waals surface area contributed by atoms with Crippen LogP contribution in [0.15, 0.2) is 6.07 Å². The van der Waals surface area contributed by atoms with Gasteiger partial charge in [0.1, 0.15) is 6.04 Å². The molecule has 0 heterocycles. The maximum absolute atomic E-state index is 14.1. The Morgan fingerprint density at radius 2 is 1.89 bits per heavy atom. The number of hydrogen-bond acceptors (Lipinski definition) is 5. The molecule has 0 radical (unpaired) electrons. The molecular formula is C12H16FNO5. The third kappa shape index (κ3) is 3.05. The van der Waals surface area contributed by atoms with Crippen LogP contribution < -0.4 is 19.9 Å². The normalized spacial score (nSPS) is 11.8. The van der Waals surface area contributed by atoms with E-state index in [4.69, 9.17) is 25.1 Å². The lowest BCUT2D eigenvalue weighted by Gasteiger charge is -2.16. The van der Waals surface area contributed by atoms with Crippen molar-refractivity contribution in [3.05, 3.63) is 17.4 Å².